The van der Waals surface area contributed by atoms with Crippen LogP contribution in [0.25, 0.3) is 10.8 Å². The summed E-state index contributed by atoms with van der Waals surface area (Å²) in [5.74, 6) is -0.622. The van der Waals surface area contributed by atoms with Crippen LogP contribution in [0.3, 0.4) is 0 Å². The number of ether oxygens (including phenoxy) is 2. The summed E-state index contributed by atoms with van der Waals surface area (Å²) in [6, 6.07) is 14.5. The fraction of sp³-hybridized carbons (Fsp3) is 0.481. The van der Waals surface area contributed by atoms with Crippen molar-refractivity contribution < 1.29 is 20.5 Å². The minimum Gasteiger partial charge on any atom is -0.460 e. The third kappa shape index (κ3) is 5.39. The van der Waals surface area contributed by atoms with Gasteiger partial charge in [0.2, 0.25) is 5.91 Å². The highest BCUT2D eigenvalue weighted by molar-refractivity contribution is 5.92. The number of hydrogen-bond donors (Lipinski definition) is 1. The molecule has 0 radical (unpaired) electrons. The summed E-state index contributed by atoms with van der Waals surface area (Å²) in [5, 5.41) is 5.38. The van der Waals surface area contributed by atoms with Gasteiger partial charge in [-0.15, -0.1) is 0 Å². The molecule has 1 amide bonds. The van der Waals surface area contributed by atoms with Crippen molar-refractivity contribution in [3.05, 3.63) is 60.7 Å². The third-order valence-corrected chi connectivity index (χ3v) is 6.51. The first kappa shape index (κ1) is 24.0. The number of carbonyl (C=O) groups excluding carboxylic acids is 2. The molecule has 32 heavy (non-hydrogen) atoms. The zero-order valence-corrected chi connectivity index (χ0v) is 19.4. The largest absolute Gasteiger partial charge is 0.460 e. The first-order valence-corrected chi connectivity index (χ1v) is 11.6. The summed E-state index contributed by atoms with van der Waals surface area (Å²) >= 11 is 0. The number of benzene rings is 2. The number of fused-ring (bicyclic) bond motifs is 1. The zero-order valence-electron chi connectivity index (χ0n) is 19.4. The average molecular weight is 440 g/mol. The lowest BCUT2D eigenvalue weighted by molar-refractivity contribution is -0.149. The van der Waals surface area contributed by atoms with E-state index >= 15 is 0 Å². The van der Waals surface area contributed by atoms with Crippen molar-refractivity contribution in [2.24, 2.45) is 11.8 Å². The lowest BCUT2D eigenvalue weighted by atomic mass is 9.99. The maximum absolute atomic E-state index is 12.9. The van der Waals surface area contributed by atoms with Gasteiger partial charge in [0.05, 0.1) is 12.7 Å². The number of hydrogen-bond acceptors (Lipinski definition) is 4. The van der Waals surface area contributed by atoms with Crippen molar-refractivity contribution in [2.45, 2.75) is 64.7 Å². The molecule has 1 unspecified atom stereocenters. The molecule has 0 aromatic heterocycles. The van der Waals surface area contributed by atoms with Crippen LogP contribution in [0, 0.1) is 11.8 Å². The Kier molecular flexibility index (Phi) is 8.08. The summed E-state index contributed by atoms with van der Waals surface area (Å²) < 4.78 is 11.5. The van der Waals surface area contributed by atoms with Crippen LogP contribution in [0.4, 0.5) is 0 Å². The van der Waals surface area contributed by atoms with E-state index in [-0.39, 0.29) is 37.8 Å². The fourth-order valence-corrected chi connectivity index (χ4v) is 4.36. The van der Waals surface area contributed by atoms with Gasteiger partial charge in [-0.3, -0.25) is 4.79 Å². The van der Waals surface area contributed by atoms with E-state index in [1.165, 1.54) is 10.8 Å². The normalized spacial score (nSPS) is 21.5. The molecule has 1 saturated carbocycles. The molecule has 174 valence electrons. The Morgan fingerprint density at radius 2 is 2.00 bits per heavy atom. The van der Waals surface area contributed by atoms with Gasteiger partial charge in [-0.2, -0.15) is 0 Å². The van der Waals surface area contributed by atoms with Gasteiger partial charge in [0, 0.05) is 7.34 Å². The van der Waals surface area contributed by atoms with E-state index in [4.69, 9.17) is 9.47 Å². The zero-order chi connectivity index (χ0) is 23.1. The Hall–Kier alpha value is -2.66. The monoisotopic (exact) mass is 439 g/mol. The van der Waals surface area contributed by atoms with Crippen molar-refractivity contribution in [2.75, 3.05) is 6.61 Å². The smallest absolute Gasteiger partial charge is 0.332 e. The van der Waals surface area contributed by atoms with Crippen LogP contribution in [-0.4, -0.2) is 30.1 Å². The van der Waals surface area contributed by atoms with Gasteiger partial charge >= 0.3 is 5.97 Å². The second-order valence-corrected chi connectivity index (χ2v) is 8.77. The Bertz CT molecular complexity index is 957. The van der Waals surface area contributed by atoms with Crippen LogP contribution in [0.15, 0.2) is 55.1 Å². The molecule has 0 bridgehead atoms. The first-order chi connectivity index (χ1) is 15.4. The van der Waals surface area contributed by atoms with Gasteiger partial charge in [0.25, 0.3) is 0 Å². The van der Waals surface area contributed by atoms with Gasteiger partial charge < -0.3 is 14.8 Å². The van der Waals surface area contributed by atoms with Crippen molar-refractivity contribution in [3.8, 4) is 0 Å². The molecule has 5 heteroatoms. The highest BCUT2D eigenvalue weighted by Gasteiger charge is 2.61. The Morgan fingerprint density at radius 3 is 2.69 bits per heavy atom. The van der Waals surface area contributed by atoms with E-state index in [0.717, 1.165) is 18.4 Å². The summed E-state index contributed by atoms with van der Waals surface area (Å²) in [6.07, 6.45) is 4.36. The SMILES string of the molecule is C=CCOC(=O)[C@@]1(NC(=O)[C@@H](C)C[C@H](CC)OCc2cccc3ccccc23)CC1CC.[HH]. The van der Waals surface area contributed by atoms with Crippen molar-refractivity contribution in [1.82, 2.24) is 5.32 Å². The quantitative estimate of drug-likeness (QED) is 0.354. The molecule has 0 saturated heterocycles. The van der Waals surface area contributed by atoms with Crippen molar-refractivity contribution >= 4 is 22.6 Å². The standard InChI is InChI=1S/C27H35NO4.H2/c1-5-15-31-26(30)27(17-22(27)6-2)28-25(29)19(4)16-23(7-3)32-18-21-13-10-12-20-11-8-9-14-24(20)21;/h5,8-14,19,22-23H,1,6-7,15-18H2,2-4H3,(H,28,29);1H/t19-,22?,23-,27+;/m0./s1. The molecule has 5 nitrogen and oxygen atoms in total. The van der Waals surface area contributed by atoms with Crippen LogP contribution in [0.1, 0.15) is 53.4 Å². The van der Waals surface area contributed by atoms with E-state index in [0.29, 0.717) is 19.4 Å². The predicted molar refractivity (Wildman–Crippen MR) is 129 cm³/mol. The van der Waals surface area contributed by atoms with Gasteiger partial charge in [-0.05, 0) is 41.5 Å². The Labute approximate surface area is 192 Å². The molecule has 2 aromatic carbocycles. The van der Waals surface area contributed by atoms with Crippen molar-refractivity contribution in [3.63, 3.8) is 0 Å². The minimum absolute atomic E-state index is 0. The number of amides is 1. The molecule has 1 N–H and O–H groups in total. The Morgan fingerprint density at radius 1 is 1.25 bits per heavy atom. The summed E-state index contributed by atoms with van der Waals surface area (Å²) in [4.78, 5) is 25.5. The molecule has 0 heterocycles. The van der Waals surface area contributed by atoms with E-state index in [2.05, 4.69) is 43.1 Å². The van der Waals surface area contributed by atoms with Crippen LogP contribution in [0.2, 0.25) is 0 Å². The number of nitrogens with one attached hydrogen (secondary N) is 1. The number of rotatable bonds is 12. The molecule has 1 aliphatic carbocycles. The molecule has 1 fully saturated rings. The van der Waals surface area contributed by atoms with Gasteiger partial charge in [-0.1, -0.05) is 82.3 Å². The third-order valence-electron chi connectivity index (χ3n) is 6.51. The molecule has 2 aromatic rings. The predicted octanol–water partition coefficient (Wildman–Crippen LogP) is 5.42. The van der Waals surface area contributed by atoms with Crippen LogP contribution < -0.4 is 5.32 Å². The fourth-order valence-electron chi connectivity index (χ4n) is 4.36. The molecule has 0 spiro atoms. The van der Waals surface area contributed by atoms with Gasteiger partial charge in [-0.25, -0.2) is 4.79 Å². The topological polar surface area (TPSA) is 64.6 Å². The maximum Gasteiger partial charge on any atom is 0.332 e. The minimum atomic E-state index is -0.880. The maximum atomic E-state index is 12.9. The number of carbonyl (C=O) groups is 2. The number of esters is 1. The Balaban J connectivity index is 0.00000385. The lowest BCUT2D eigenvalue weighted by Crippen LogP contribution is -2.48. The average Bonchev–Trinajstić information content (AvgIpc) is 3.53. The lowest BCUT2D eigenvalue weighted by Gasteiger charge is -2.23. The van der Waals surface area contributed by atoms with Gasteiger partial charge in [0.15, 0.2) is 0 Å². The van der Waals surface area contributed by atoms with Crippen LogP contribution in [-0.2, 0) is 25.7 Å². The summed E-state index contributed by atoms with van der Waals surface area (Å²) in [7, 11) is 0. The first-order valence-electron chi connectivity index (χ1n) is 11.6. The molecule has 0 aliphatic heterocycles. The highest BCUT2D eigenvalue weighted by atomic mass is 16.5. The second-order valence-electron chi connectivity index (χ2n) is 8.77. The van der Waals surface area contributed by atoms with E-state index in [1.807, 2.05) is 32.0 Å². The molecule has 4 atom stereocenters. The molecular formula is C27H37NO4. The van der Waals surface area contributed by atoms with Gasteiger partial charge in [0.1, 0.15) is 12.1 Å². The molecule has 3 rings (SSSR count). The van der Waals surface area contributed by atoms with E-state index in [9.17, 15) is 9.59 Å². The second kappa shape index (κ2) is 10.8. The summed E-state index contributed by atoms with van der Waals surface area (Å²) in [5.41, 5.74) is 0.264. The van der Waals surface area contributed by atoms with Crippen LogP contribution in [0.5, 0.6) is 0 Å². The highest BCUT2D eigenvalue weighted by Crippen LogP contribution is 2.47. The van der Waals surface area contributed by atoms with E-state index < -0.39 is 5.54 Å². The van der Waals surface area contributed by atoms with E-state index in [1.54, 1.807) is 6.08 Å². The molecule has 1 aliphatic rings. The van der Waals surface area contributed by atoms with Crippen LogP contribution >= 0.6 is 0 Å². The summed E-state index contributed by atoms with van der Waals surface area (Å²) in [6.45, 7) is 10.2. The molecular weight excluding hydrogens is 402 g/mol. The van der Waals surface area contributed by atoms with Crippen molar-refractivity contribution in [1.29, 1.82) is 0 Å².